The molecule has 0 saturated heterocycles. The molecule has 4 nitrogen and oxygen atoms in total. The summed E-state index contributed by atoms with van der Waals surface area (Å²) in [6, 6.07) is 13.7. The van der Waals surface area contributed by atoms with E-state index in [4.69, 9.17) is 4.42 Å². The molecule has 0 spiro atoms. The van der Waals surface area contributed by atoms with Crippen molar-refractivity contribution < 1.29 is 4.42 Å². The third kappa shape index (κ3) is 1.78. The van der Waals surface area contributed by atoms with Crippen LogP contribution in [0.1, 0.15) is 0 Å². The van der Waals surface area contributed by atoms with E-state index in [2.05, 4.69) is 9.97 Å². The number of hydrogen-bond acceptors (Lipinski definition) is 3. The predicted molar refractivity (Wildman–Crippen MR) is 76.6 cm³/mol. The molecule has 3 heterocycles. The lowest BCUT2D eigenvalue weighted by Crippen LogP contribution is -1.88. The smallest absolute Gasteiger partial charge is 0.227 e. The molecule has 4 aromatic rings. The van der Waals surface area contributed by atoms with Crippen LogP contribution in [0.2, 0.25) is 0 Å². The summed E-state index contributed by atoms with van der Waals surface area (Å²) in [6.45, 7) is 0. The van der Waals surface area contributed by atoms with Gasteiger partial charge in [0, 0.05) is 36.0 Å². The van der Waals surface area contributed by atoms with Gasteiger partial charge in [0.1, 0.15) is 5.52 Å². The average molecular weight is 261 g/mol. The van der Waals surface area contributed by atoms with E-state index in [-0.39, 0.29) is 0 Å². The van der Waals surface area contributed by atoms with E-state index in [1.165, 1.54) is 0 Å². The van der Waals surface area contributed by atoms with E-state index < -0.39 is 0 Å². The largest absolute Gasteiger partial charge is 0.436 e. The highest BCUT2D eigenvalue weighted by Crippen LogP contribution is 2.25. The number of oxazole rings is 1. The lowest BCUT2D eigenvalue weighted by Gasteiger charge is -2.00. The van der Waals surface area contributed by atoms with Gasteiger partial charge in [0.25, 0.3) is 0 Å². The number of rotatable bonds is 2. The first-order valence-electron chi connectivity index (χ1n) is 6.34. The van der Waals surface area contributed by atoms with Gasteiger partial charge >= 0.3 is 0 Å². The molecule has 4 rings (SSSR count). The van der Waals surface area contributed by atoms with Crippen molar-refractivity contribution in [1.29, 1.82) is 0 Å². The fourth-order valence-corrected chi connectivity index (χ4v) is 2.20. The number of nitrogens with zero attached hydrogens (tertiary/aromatic N) is 3. The third-order valence-corrected chi connectivity index (χ3v) is 3.20. The van der Waals surface area contributed by atoms with E-state index in [1.807, 2.05) is 59.4 Å². The SMILES string of the molecule is c1ccn(-c2ccc3oc(-c4ccncc4)nc3c2)c1. The molecule has 0 aliphatic rings. The third-order valence-electron chi connectivity index (χ3n) is 3.20. The van der Waals surface area contributed by atoms with Gasteiger partial charge in [-0.2, -0.15) is 0 Å². The highest BCUT2D eigenvalue weighted by molar-refractivity contribution is 5.78. The Bertz CT molecular complexity index is 848. The fourth-order valence-electron chi connectivity index (χ4n) is 2.20. The maximum Gasteiger partial charge on any atom is 0.227 e. The number of benzene rings is 1. The Labute approximate surface area is 115 Å². The summed E-state index contributed by atoms with van der Waals surface area (Å²) in [7, 11) is 0. The van der Waals surface area contributed by atoms with Crippen LogP contribution in [-0.4, -0.2) is 14.5 Å². The highest BCUT2D eigenvalue weighted by Gasteiger charge is 2.08. The van der Waals surface area contributed by atoms with Crippen LogP contribution >= 0.6 is 0 Å². The summed E-state index contributed by atoms with van der Waals surface area (Å²) >= 11 is 0. The summed E-state index contributed by atoms with van der Waals surface area (Å²) in [6.07, 6.45) is 7.47. The summed E-state index contributed by atoms with van der Waals surface area (Å²) in [5.74, 6) is 0.618. The molecular formula is C16H11N3O. The molecule has 0 amide bonds. The van der Waals surface area contributed by atoms with Crippen LogP contribution in [0.15, 0.2) is 71.7 Å². The molecule has 1 aromatic carbocycles. The molecule has 96 valence electrons. The molecule has 0 unspecified atom stereocenters. The Morgan fingerprint density at radius 3 is 2.55 bits per heavy atom. The number of fused-ring (bicyclic) bond motifs is 1. The molecule has 4 heteroatoms. The minimum absolute atomic E-state index is 0.618. The predicted octanol–water partition coefficient (Wildman–Crippen LogP) is 3.68. The topological polar surface area (TPSA) is 43.9 Å². The minimum Gasteiger partial charge on any atom is -0.436 e. The normalized spacial score (nSPS) is 11.0. The van der Waals surface area contributed by atoms with Gasteiger partial charge in [-0.25, -0.2) is 4.98 Å². The molecule has 20 heavy (non-hydrogen) atoms. The molecule has 0 bridgehead atoms. The van der Waals surface area contributed by atoms with Gasteiger partial charge in [-0.1, -0.05) is 0 Å². The van der Waals surface area contributed by atoms with Crippen LogP contribution in [-0.2, 0) is 0 Å². The van der Waals surface area contributed by atoms with Crippen molar-refractivity contribution in [2.75, 3.05) is 0 Å². The maximum atomic E-state index is 5.78. The Balaban J connectivity index is 1.84. The first-order valence-corrected chi connectivity index (χ1v) is 6.34. The van der Waals surface area contributed by atoms with Gasteiger partial charge in [0.15, 0.2) is 5.58 Å². The second kappa shape index (κ2) is 4.35. The van der Waals surface area contributed by atoms with Gasteiger partial charge in [-0.15, -0.1) is 0 Å². The molecule has 0 atom stereocenters. The van der Waals surface area contributed by atoms with Crippen molar-refractivity contribution in [1.82, 2.24) is 14.5 Å². The number of aromatic nitrogens is 3. The van der Waals surface area contributed by atoms with Crippen LogP contribution in [0.5, 0.6) is 0 Å². The molecule has 3 aromatic heterocycles. The van der Waals surface area contributed by atoms with Crippen molar-refractivity contribution >= 4 is 11.1 Å². The van der Waals surface area contributed by atoms with Crippen molar-refractivity contribution in [2.24, 2.45) is 0 Å². The summed E-state index contributed by atoms with van der Waals surface area (Å²) < 4.78 is 7.82. The van der Waals surface area contributed by atoms with E-state index >= 15 is 0 Å². The maximum absolute atomic E-state index is 5.78. The quantitative estimate of drug-likeness (QED) is 0.553. The summed E-state index contributed by atoms with van der Waals surface area (Å²) in [4.78, 5) is 8.55. The lowest BCUT2D eigenvalue weighted by atomic mass is 10.3. The zero-order valence-corrected chi connectivity index (χ0v) is 10.6. The van der Waals surface area contributed by atoms with E-state index in [9.17, 15) is 0 Å². The van der Waals surface area contributed by atoms with Gasteiger partial charge in [0.2, 0.25) is 5.89 Å². The first-order chi connectivity index (χ1) is 9.90. The van der Waals surface area contributed by atoms with Crippen LogP contribution < -0.4 is 0 Å². The van der Waals surface area contributed by atoms with Gasteiger partial charge in [-0.3, -0.25) is 4.98 Å². The fraction of sp³-hybridized carbons (Fsp3) is 0. The van der Waals surface area contributed by atoms with E-state index in [0.717, 1.165) is 22.4 Å². The van der Waals surface area contributed by atoms with Crippen LogP contribution in [0.25, 0.3) is 28.2 Å². The Kier molecular flexibility index (Phi) is 2.39. The summed E-state index contributed by atoms with van der Waals surface area (Å²) in [5.41, 5.74) is 3.63. The van der Waals surface area contributed by atoms with E-state index in [0.29, 0.717) is 5.89 Å². The van der Waals surface area contributed by atoms with Crippen molar-refractivity contribution in [2.45, 2.75) is 0 Å². The molecule has 0 N–H and O–H groups in total. The molecule has 0 saturated carbocycles. The van der Waals surface area contributed by atoms with Gasteiger partial charge in [0.05, 0.1) is 0 Å². The second-order valence-corrected chi connectivity index (χ2v) is 4.50. The highest BCUT2D eigenvalue weighted by atomic mass is 16.3. The zero-order chi connectivity index (χ0) is 13.4. The molecule has 0 aliphatic carbocycles. The standard InChI is InChI=1S/C16H11N3O/c1-2-10-19(9-1)13-3-4-15-14(11-13)18-16(20-15)12-5-7-17-8-6-12/h1-11H. The first kappa shape index (κ1) is 11.0. The number of pyridine rings is 1. The van der Waals surface area contributed by atoms with Gasteiger partial charge in [-0.05, 0) is 42.5 Å². The van der Waals surface area contributed by atoms with Crippen molar-refractivity contribution in [3.63, 3.8) is 0 Å². The molecule has 0 radical (unpaired) electrons. The minimum atomic E-state index is 0.618. The molecule has 0 fully saturated rings. The Morgan fingerprint density at radius 2 is 1.75 bits per heavy atom. The average Bonchev–Trinajstić information content (AvgIpc) is 3.16. The van der Waals surface area contributed by atoms with Crippen molar-refractivity contribution in [3.8, 4) is 17.1 Å². The monoisotopic (exact) mass is 261 g/mol. The van der Waals surface area contributed by atoms with Crippen LogP contribution in [0.3, 0.4) is 0 Å². The molecule has 0 aliphatic heterocycles. The van der Waals surface area contributed by atoms with Crippen LogP contribution in [0.4, 0.5) is 0 Å². The van der Waals surface area contributed by atoms with Gasteiger partial charge < -0.3 is 8.98 Å². The number of hydrogen-bond donors (Lipinski definition) is 0. The zero-order valence-electron chi connectivity index (χ0n) is 10.6. The Hall–Kier alpha value is -2.88. The summed E-state index contributed by atoms with van der Waals surface area (Å²) in [5, 5.41) is 0. The van der Waals surface area contributed by atoms with E-state index in [1.54, 1.807) is 12.4 Å². The van der Waals surface area contributed by atoms with Crippen LogP contribution in [0, 0.1) is 0 Å². The lowest BCUT2D eigenvalue weighted by molar-refractivity contribution is 0.619. The Morgan fingerprint density at radius 1 is 0.950 bits per heavy atom. The molecular weight excluding hydrogens is 250 g/mol. The van der Waals surface area contributed by atoms with Crippen molar-refractivity contribution in [3.05, 3.63) is 67.3 Å². The second-order valence-electron chi connectivity index (χ2n) is 4.50.